The summed E-state index contributed by atoms with van der Waals surface area (Å²) >= 11 is 0. The zero-order valence-electron chi connectivity index (χ0n) is 10.4. The van der Waals surface area contributed by atoms with Crippen molar-refractivity contribution in [2.45, 2.75) is 6.92 Å². The van der Waals surface area contributed by atoms with Crippen molar-refractivity contribution in [1.82, 2.24) is 10.2 Å². The van der Waals surface area contributed by atoms with Gasteiger partial charge in [-0.2, -0.15) is 0 Å². The van der Waals surface area contributed by atoms with Gasteiger partial charge in [0, 0.05) is 17.2 Å². The molecule has 0 saturated heterocycles. The summed E-state index contributed by atoms with van der Waals surface area (Å²) < 4.78 is 10.6. The summed E-state index contributed by atoms with van der Waals surface area (Å²) in [6, 6.07) is 8.11. The SMILES string of the molecule is Cc1c(-c2nnc(-c3ccco3)o2)cccc1[N+](=O)[O-]. The van der Waals surface area contributed by atoms with Crippen LogP contribution in [0.15, 0.2) is 45.4 Å². The van der Waals surface area contributed by atoms with E-state index in [9.17, 15) is 10.1 Å². The molecule has 3 aromatic rings. The predicted octanol–water partition coefficient (Wildman–Crippen LogP) is 3.21. The van der Waals surface area contributed by atoms with Crippen LogP contribution >= 0.6 is 0 Å². The highest BCUT2D eigenvalue weighted by Crippen LogP contribution is 2.30. The second kappa shape index (κ2) is 4.61. The molecule has 1 aromatic carbocycles. The molecule has 100 valence electrons. The molecule has 0 radical (unpaired) electrons. The Morgan fingerprint density at radius 2 is 1.95 bits per heavy atom. The van der Waals surface area contributed by atoms with Crippen LogP contribution in [0, 0.1) is 17.0 Å². The Hall–Kier alpha value is -2.96. The first kappa shape index (κ1) is 12.1. The predicted molar refractivity (Wildman–Crippen MR) is 68.8 cm³/mol. The van der Waals surface area contributed by atoms with E-state index in [0.29, 0.717) is 16.9 Å². The molecule has 3 rings (SSSR count). The van der Waals surface area contributed by atoms with E-state index in [1.807, 2.05) is 0 Å². The lowest BCUT2D eigenvalue weighted by molar-refractivity contribution is -0.385. The van der Waals surface area contributed by atoms with Crippen molar-refractivity contribution in [2.24, 2.45) is 0 Å². The van der Waals surface area contributed by atoms with Crippen molar-refractivity contribution >= 4 is 5.69 Å². The summed E-state index contributed by atoms with van der Waals surface area (Å²) in [5, 5.41) is 18.7. The molecule has 7 nitrogen and oxygen atoms in total. The highest BCUT2D eigenvalue weighted by Gasteiger charge is 2.19. The number of benzene rings is 1. The van der Waals surface area contributed by atoms with Gasteiger partial charge in [0.1, 0.15) is 0 Å². The van der Waals surface area contributed by atoms with E-state index in [0.717, 1.165) is 0 Å². The van der Waals surface area contributed by atoms with Crippen LogP contribution in [-0.2, 0) is 0 Å². The fourth-order valence-corrected chi connectivity index (χ4v) is 1.88. The lowest BCUT2D eigenvalue weighted by Crippen LogP contribution is -1.93. The van der Waals surface area contributed by atoms with E-state index >= 15 is 0 Å². The number of hydrogen-bond donors (Lipinski definition) is 0. The van der Waals surface area contributed by atoms with Gasteiger partial charge in [0.2, 0.25) is 5.89 Å². The highest BCUT2D eigenvalue weighted by atomic mass is 16.6. The molecule has 0 aliphatic carbocycles. The van der Waals surface area contributed by atoms with Crippen LogP contribution < -0.4 is 0 Å². The number of nitro benzene ring substituents is 1. The standard InChI is InChI=1S/C13H9N3O4/c1-8-9(4-2-5-10(8)16(17)18)12-14-15-13(20-12)11-6-3-7-19-11/h2-7H,1H3. The molecule has 0 spiro atoms. The van der Waals surface area contributed by atoms with Crippen LogP contribution in [0.1, 0.15) is 5.56 Å². The monoisotopic (exact) mass is 271 g/mol. The van der Waals surface area contributed by atoms with Crippen LogP contribution in [0.2, 0.25) is 0 Å². The van der Waals surface area contributed by atoms with Gasteiger partial charge >= 0.3 is 0 Å². The molecule has 2 aromatic heterocycles. The molecule has 0 fully saturated rings. The largest absolute Gasteiger partial charge is 0.459 e. The molecule has 2 heterocycles. The number of nitrogens with zero attached hydrogens (tertiary/aromatic N) is 3. The zero-order chi connectivity index (χ0) is 14.1. The molecular formula is C13H9N3O4. The van der Waals surface area contributed by atoms with E-state index in [1.54, 1.807) is 31.2 Å². The van der Waals surface area contributed by atoms with Crippen molar-refractivity contribution in [1.29, 1.82) is 0 Å². The molecule has 0 saturated carbocycles. The first-order valence-corrected chi connectivity index (χ1v) is 5.78. The van der Waals surface area contributed by atoms with Crippen molar-refractivity contribution in [3.63, 3.8) is 0 Å². The number of aromatic nitrogens is 2. The first-order valence-electron chi connectivity index (χ1n) is 5.78. The topological polar surface area (TPSA) is 95.2 Å². The molecule has 0 N–H and O–H groups in total. The minimum absolute atomic E-state index is 0.0141. The lowest BCUT2D eigenvalue weighted by Gasteiger charge is -2.01. The van der Waals surface area contributed by atoms with Crippen LogP contribution in [-0.4, -0.2) is 15.1 Å². The van der Waals surface area contributed by atoms with Crippen molar-refractivity contribution in [2.75, 3.05) is 0 Å². The van der Waals surface area contributed by atoms with E-state index in [2.05, 4.69) is 10.2 Å². The number of hydrogen-bond acceptors (Lipinski definition) is 6. The third kappa shape index (κ3) is 1.95. The Morgan fingerprint density at radius 3 is 2.65 bits per heavy atom. The Morgan fingerprint density at radius 1 is 1.15 bits per heavy atom. The van der Waals surface area contributed by atoms with Gasteiger partial charge in [-0.25, -0.2) is 0 Å². The third-order valence-corrected chi connectivity index (χ3v) is 2.89. The van der Waals surface area contributed by atoms with Crippen LogP contribution in [0.25, 0.3) is 23.1 Å². The quantitative estimate of drug-likeness (QED) is 0.536. The van der Waals surface area contributed by atoms with Crippen LogP contribution in [0.4, 0.5) is 5.69 Å². The summed E-state index contributed by atoms with van der Waals surface area (Å²) in [6.45, 7) is 1.64. The molecule has 0 aliphatic heterocycles. The van der Waals surface area contributed by atoms with E-state index in [1.165, 1.54) is 12.3 Å². The zero-order valence-corrected chi connectivity index (χ0v) is 10.4. The van der Waals surface area contributed by atoms with E-state index in [-0.39, 0.29) is 17.5 Å². The molecule has 0 atom stereocenters. The van der Waals surface area contributed by atoms with Gasteiger partial charge in [0.05, 0.1) is 11.2 Å². The van der Waals surface area contributed by atoms with Gasteiger partial charge in [-0.1, -0.05) is 6.07 Å². The summed E-state index contributed by atoms with van der Waals surface area (Å²) in [7, 11) is 0. The molecule has 0 unspecified atom stereocenters. The van der Waals surface area contributed by atoms with Crippen molar-refractivity contribution in [3.8, 4) is 23.1 Å². The Kier molecular flexibility index (Phi) is 2.79. The summed E-state index contributed by atoms with van der Waals surface area (Å²) in [5.41, 5.74) is 1.02. The molecule has 7 heteroatoms. The molecule has 0 bridgehead atoms. The van der Waals surface area contributed by atoms with Gasteiger partial charge in [0.25, 0.3) is 11.6 Å². The summed E-state index contributed by atoms with van der Waals surface area (Å²) in [5.74, 6) is 0.903. The third-order valence-electron chi connectivity index (χ3n) is 2.89. The van der Waals surface area contributed by atoms with Crippen LogP contribution in [0.3, 0.4) is 0 Å². The maximum Gasteiger partial charge on any atom is 0.283 e. The van der Waals surface area contributed by atoms with Gasteiger partial charge in [-0.05, 0) is 25.1 Å². The maximum atomic E-state index is 10.9. The summed E-state index contributed by atoms with van der Waals surface area (Å²) in [4.78, 5) is 10.5. The lowest BCUT2D eigenvalue weighted by atomic mass is 10.1. The normalized spacial score (nSPS) is 10.7. The minimum atomic E-state index is -0.442. The van der Waals surface area contributed by atoms with Crippen molar-refractivity contribution in [3.05, 3.63) is 52.3 Å². The summed E-state index contributed by atoms with van der Waals surface area (Å²) in [6.07, 6.45) is 1.50. The average molecular weight is 271 g/mol. The number of rotatable bonds is 3. The van der Waals surface area contributed by atoms with Gasteiger partial charge in [-0.15, -0.1) is 10.2 Å². The molecule has 20 heavy (non-hydrogen) atoms. The Bertz CT molecular complexity index is 762. The van der Waals surface area contributed by atoms with Gasteiger partial charge in [0.15, 0.2) is 5.76 Å². The fourth-order valence-electron chi connectivity index (χ4n) is 1.88. The first-order chi connectivity index (χ1) is 9.66. The number of nitro groups is 1. The molecule has 0 amide bonds. The van der Waals surface area contributed by atoms with Crippen molar-refractivity contribution < 1.29 is 13.8 Å². The van der Waals surface area contributed by atoms with E-state index in [4.69, 9.17) is 8.83 Å². The fraction of sp³-hybridized carbons (Fsp3) is 0.0769. The van der Waals surface area contributed by atoms with Gasteiger partial charge < -0.3 is 8.83 Å². The Labute approximate surface area is 113 Å². The minimum Gasteiger partial charge on any atom is -0.459 e. The smallest absolute Gasteiger partial charge is 0.283 e. The average Bonchev–Trinajstić information content (AvgIpc) is 3.09. The second-order valence-corrected chi connectivity index (χ2v) is 4.10. The molecule has 0 aliphatic rings. The number of furan rings is 1. The second-order valence-electron chi connectivity index (χ2n) is 4.10. The van der Waals surface area contributed by atoms with E-state index < -0.39 is 4.92 Å². The molecular weight excluding hydrogens is 262 g/mol. The van der Waals surface area contributed by atoms with Crippen LogP contribution in [0.5, 0.6) is 0 Å². The Balaban J connectivity index is 2.06. The maximum absolute atomic E-state index is 10.9. The highest BCUT2D eigenvalue weighted by molar-refractivity contribution is 5.65. The van der Waals surface area contributed by atoms with Gasteiger partial charge in [-0.3, -0.25) is 10.1 Å².